The molecule has 34 heavy (non-hydrogen) atoms. The molecule has 5 rings (SSSR count). The van der Waals surface area contributed by atoms with E-state index in [1.54, 1.807) is 29.1 Å². The van der Waals surface area contributed by atoms with Crippen LogP contribution in [0, 0.1) is 0 Å². The van der Waals surface area contributed by atoms with Crippen molar-refractivity contribution in [3.63, 3.8) is 0 Å². The van der Waals surface area contributed by atoms with Crippen LogP contribution in [-0.2, 0) is 0 Å². The van der Waals surface area contributed by atoms with Gasteiger partial charge in [-0.3, -0.25) is 4.79 Å². The van der Waals surface area contributed by atoms with Gasteiger partial charge in [0.1, 0.15) is 17.0 Å². The van der Waals surface area contributed by atoms with Crippen molar-refractivity contribution in [2.24, 2.45) is 5.10 Å². The molecule has 3 aromatic carbocycles. The Morgan fingerprint density at radius 3 is 2.53 bits per heavy atom. The summed E-state index contributed by atoms with van der Waals surface area (Å²) >= 11 is 0. The number of rotatable bonds is 5. The van der Waals surface area contributed by atoms with Crippen molar-refractivity contribution >= 4 is 23.1 Å². The summed E-state index contributed by atoms with van der Waals surface area (Å²) in [4.78, 5) is 25.1. The van der Waals surface area contributed by atoms with Crippen LogP contribution in [0.3, 0.4) is 0 Å². The molecule has 0 fully saturated rings. The molecule has 1 amide bonds. The molecule has 0 aliphatic heterocycles. The lowest BCUT2D eigenvalue weighted by Crippen LogP contribution is -2.17. The molecule has 166 valence electrons. The second kappa shape index (κ2) is 8.87. The van der Waals surface area contributed by atoms with Gasteiger partial charge in [0, 0.05) is 22.7 Å². The number of nitrogens with one attached hydrogen (secondary N) is 1. The van der Waals surface area contributed by atoms with Crippen molar-refractivity contribution in [2.45, 2.75) is 0 Å². The van der Waals surface area contributed by atoms with E-state index in [1.165, 1.54) is 30.5 Å². The Morgan fingerprint density at radius 2 is 1.74 bits per heavy atom. The van der Waals surface area contributed by atoms with E-state index in [-0.39, 0.29) is 11.3 Å². The van der Waals surface area contributed by atoms with Crippen molar-refractivity contribution in [2.75, 3.05) is 0 Å². The molecule has 0 aliphatic rings. The lowest BCUT2D eigenvalue weighted by molar-refractivity contribution is 0.0955. The minimum atomic E-state index is -0.528. The average molecular weight is 450 g/mol. The Labute approximate surface area is 193 Å². The number of phenols is 1. The molecule has 2 heterocycles. The normalized spacial score (nSPS) is 11.2. The van der Waals surface area contributed by atoms with Crippen molar-refractivity contribution in [1.82, 2.24) is 15.2 Å². The van der Waals surface area contributed by atoms with E-state index < -0.39 is 11.5 Å². The van der Waals surface area contributed by atoms with Crippen molar-refractivity contribution in [3.8, 4) is 22.7 Å². The molecular weight excluding hydrogens is 432 g/mol. The number of phenolic OH excluding ortho intramolecular Hbond substituents is 1. The van der Waals surface area contributed by atoms with Gasteiger partial charge in [-0.15, -0.1) is 0 Å². The van der Waals surface area contributed by atoms with Gasteiger partial charge >= 0.3 is 5.63 Å². The fourth-order valence-corrected chi connectivity index (χ4v) is 3.47. The van der Waals surface area contributed by atoms with E-state index in [0.29, 0.717) is 22.4 Å². The standard InChI is InChI=1S/C26H18N4O4/c31-21-12-10-17(11-13-21)25(32)28-27-15-19-16-30(20-7-2-1-3-8-20)29-24(19)22-14-18-6-4-5-9-23(18)34-26(22)33/h1-16,31H,(H,28,32). The minimum absolute atomic E-state index is 0.0623. The summed E-state index contributed by atoms with van der Waals surface area (Å²) in [6, 6.07) is 24.2. The zero-order chi connectivity index (χ0) is 23.5. The molecule has 5 aromatic rings. The van der Waals surface area contributed by atoms with Crippen LogP contribution < -0.4 is 11.1 Å². The van der Waals surface area contributed by atoms with Crippen LogP contribution in [-0.4, -0.2) is 27.0 Å². The topological polar surface area (TPSA) is 110 Å². The highest BCUT2D eigenvalue weighted by atomic mass is 16.4. The lowest BCUT2D eigenvalue weighted by Gasteiger charge is -2.02. The smallest absolute Gasteiger partial charge is 0.345 e. The summed E-state index contributed by atoms with van der Waals surface area (Å²) in [7, 11) is 0. The number of amides is 1. The molecule has 0 saturated carbocycles. The van der Waals surface area contributed by atoms with Crippen LogP contribution in [0.4, 0.5) is 0 Å². The molecule has 8 nitrogen and oxygen atoms in total. The summed E-state index contributed by atoms with van der Waals surface area (Å²) in [6.45, 7) is 0. The first-order chi connectivity index (χ1) is 16.6. The predicted molar refractivity (Wildman–Crippen MR) is 128 cm³/mol. The third-order valence-electron chi connectivity index (χ3n) is 5.16. The SMILES string of the molecule is O=C(NN=Cc1cn(-c2ccccc2)nc1-c1cc2ccccc2oc1=O)c1ccc(O)cc1. The number of carbonyl (C=O) groups excluding carboxylic acids is 1. The first-order valence-corrected chi connectivity index (χ1v) is 10.4. The number of hydrazone groups is 1. The van der Waals surface area contributed by atoms with Crippen LogP contribution in [0.1, 0.15) is 15.9 Å². The van der Waals surface area contributed by atoms with Gasteiger partial charge < -0.3 is 9.52 Å². The van der Waals surface area contributed by atoms with Crippen molar-refractivity contribution in [1.29, 1.82) is 0 Å². The highest BCUT2D eigenvalue weighted by molar-refractivity contribution is 5.96. The maximum atomic E-state index is 12.8. The Morgan fingerprint density at radius 1 is 1.00 bits per heavy atom. The van der Waals surface area contributed by atoms with Crippen LogP contribution >= 0.6 is 0 Å². The number of fused-ring (bicyclic) bond motifs is 1. The number of aromatic hydroxyl groups is 1. The molecule has 0 atom stereocenters. The van der Waals surface area contributed by atoms with Crippen molar-refractivity contribution < 1.29 is 14.3 Å². The van der Waals surface area contributed by atoms with Crippen molar-refractivity contribution in [3.05, 3.63) is 113 Å². The Kier molecular flexibility index (Phi) is 5.45. The van der Waals surface area contributed by atoms with Gasteiger partial charge in [-0.05, 0) is 48.5 Å². The van der Waals surface area contributed by atoms with E-state index in [4.69, 9.17) is 4.42 Å². The molecule has 0 bridgehead atoms. The first-order valence-electron chi connectivity index (χ1n) is 10.4. The maximum Gasteiger partial charge on any atom is 0.345 e. The summed E-state index contributed by atoms with van der Waals surface area (Å²) in [6.07, 6.45) is 3.14. The number of carbonyl (C=O) groups is 1. The summed E-state index contributed by atoms with van der Waals surface area (Å²) in [5, 5.41) is 18.8. The summed E-state index contributed by atoms with van der Waals surface area (Å²) in [5.74, 6) is -0.384. The van der Waals surface area contributed by atoms with E-state index in [0.717, 1.165) is 11.1 Å². The zero-order valence-electron chi connectivity index (χ0n) is 17.8. The second-order valence-corrected chi connectivity index (χ2v) is 7.44. The first kappa shape index (κ1) is 20.9. The quantitative estimate of drug-likeness (QED) is 0.238. The van der Waals surface area contributed by atoms with Gasteiger partial charge in [-0.25, -0.2) is 14.9 Å². The Hall–Kier alpha value is -4.98. The molecule has 2 aromatic heterocycles. The van der Waals surface area contributed by atoms with Gasteiger partial charge in [-0.1, -0.05) is 36.4 Å². The van der Waals surface area contributed by atoms with Gasteiger partial charge in [0.05, 0.1) is 17.5 Å². The molecule has 0 aliphatic carbocycles. The highest BCUT2D eigenvalue weighted by Crippen LogP contribution is 2.23. The van der Waals surface area contributed by atoms with E-state index in [9.17, 15) is 14.7 Å². The molecule has 8 heteroatoms. The highest BCUT2D eigenvalue weighted by Gasteiger charge is 2.16. The third kappa shape index (κ3) is 4.20. The van der Waals surface area contributed by atoms with E-state index in [1.807, 2.05) is 42.5 Å². The average Bonchev–Trinajstić information content (AvgIpc) is 3.28. The predicted octanol–water partition coefficient (Wildman–Crippen LogP) is 4.12. The van der Waals surface area contributed by atoms with Crippen LogP contribution in [0.15, 0.2) is 105 Å². The number of nitrogens with zero attached hydrogens (tertiary/aromatic N) is 3. The maximum absolute atomic E-state index is 12.8. The lowest BCUT2D eigenvalue weighted by atomic mass is 10.1. The van der Waals surface area contributed by atoms with Crippen LogP contribution in [0.25, 0.3) is 27.9 Å². The second-order valence-electron chi connectivity index (χ2n) is 7.44. The summed E-state index contributed by atoms with van der Waals surface area (Å²) < 4.78 is 7.12. The fourth-order valence-electron chi connectivity index (χ4n) is 3.47. The van der Waals surface area contributed by atoms with Gasteiger partial charge in [-0.2, -0.15) is 10.2 Å². The number of benzene rings is 3. The van der Waals surface area contributed by atoms with E-state index in [2.05, 4.69) is 15.6 Å². The molecule has 0 spiro atoms. The largest absolute Gasteiger partial charge is 0.508 e. The van der Waals surface area contributed by atoms with Crippen LogP contribution in [0.5, 0.6) is 5.75 Å². The number of hydrogen-bond acceptors (Lipinski definition) is 6. The third-order valence-corrected chi connectivity index (χ3v) is 5.16. The number of aromatic nitrogens is 2. The molecular formula is C26H18N4O4. The summed E-state index contributed by atoms with van der Waals surface area (Å²) in [5.41, 5.74) is 4.69. The van der Waals surface area contributed by atoms with Crippen LogP contribution in [0.2, 0.25) is 0 Å². The minimum Gasteiger partial charge on any atom is -0.508 e. The Balaban J connectivity index is 1.53. The molecule has 2 N–H and O–H groups in total. The van der Waals surface area contributed by atoms with E-state index >= 15 is 0 Å². The van der Waals surface area contributed by atoms with Gasteiger partial charge in [0.15, 0.2) is 0 Å². The molecule has 0 unspecified atom stereocenters. The number of hydrogen-bond donors (Lipinski definition) is 2. The molecule has 0 radical (unpaired) electrons. The van der Waals surface area contributed by atoms with Gasteiger partial charge in [0.2, 0.25) is 0 Å². The number of para-hydroxylation sites is 2. The Bertz CT molecular complexity index is 1570. The zero-order valence-corrected chi connectivity index (χ0v) is 17.8. The molecule has 0 saturated heterocycles. The van der Waals surface area contributed by atoms with Gasteiger partial charge in [0.25, 0.3) is 5.91 Å². The monoisotopic (exact) mass is 450 g/mol. The fraction of sp³-hybridized carbons (Fsp3) is 0.